The average molecular weight is 251 g/mol. The number of hydrazine groups is 1. The molecule has 1 amide bonds. The molecule has 100 valence electrons. The second-order valence-electron chi connectivity index (χ2n) is 4.55. The molecule has 1 aromatic rings. The monoisotopic (exact) mass is 251 g/mol. The highest BCUT2D eigenvalue weighted by molar-refractivity contribution is 5.95. The summed E-state index contributed by atoms with van der Waals surface area (Å²) in [6.45, 7) is 4.46. The van der Waals surface area contributed by atoms with Crippen LogP contribution in [0.3, 0.4) is 0 Å². The van der Waals surface area contributed by atoms with Crippen LogP contribution in [0.15, 0.2) is 12.1 Å². The molecule has 1 aromatic heterocycles. The minimum atomic E-state index is -0.120. The number of hydrogen-bond donors (Lipinski definition) is 3. The van der Waals surface area contributed by atoms with Gasteiger partial charge >= 0.3 is 0 Å². The SMILES string of the molecule is Cc1cc(C(=O)NCC(C)N(C)C)cc(NN)n1. The summed E-state index contributed by atoms with van der Waals surface area (Å²) in [5, 5.41) is 2.88. The molecule has 6 nitrogen and oxygen atoms in total. The van der Waals surface area contributed by atoms with E-state index in [9.17, 15) is 4.79 Å². The first-order valence-corrected chi connectivity index (χ1v) is 5.84. The molecule has 0 saturated carbocycles. The summed E-state index contributed by atoms with van der Waals surface area (Å²) in [4.78, 5) is 18.1. The largest absolute Gasteiger partial charge is 0.350 e. The number of rotatable bonds is 5. The fourth-order valence-corrected chi connectivity index (χ4v) is 1.40. The second kappa shape index (κ2) is 6.32. The molecular weight excluding hydrogens is 230 g/mol. The van der Waals surface area contributed by atoms with Crippen LogP contribution in [-0.4, -0.2) is 42.5 Å². The number of pyridine rings is 1. The third-order valence-corrected chi connectivity index (χ3v) is 2.80. The van der Waals surface area contributed by atoms with Gasteiger partial charge in [-0.3, -0.25) is 4.79 Å². The van der Waals surface area contributed by atoms with Crippen LogP contribution in [0.25, 0.3) is 0 Å². The summed E-state index contributed by atoms with van der Waals surface area (Å²) in [5.41, 5.74) is 3.75. The molecule has 0 aromatic carbocycles. The van der Waals surface area contributed by atoms with Gasteiger partial charge < -0.3 is 15.6 Å². The van der Waals surface area contributed by atoms with E-state index in [0.29, 0.717) is 17.9 Å². The van der Waals surface area contributed by atoms with Crippen molar-refractivity contribution < 1.29 is 4.79 Å². The third-order valence-electron chi connectivity index (χ3n) is 2.80. The van der Waals surface area contributed by atoms with Crippen molar-refractivity contribution in [1.29, 1.82) is 0 Å². The third kappa shape index (κ3) is 3.97. The van der Waals surface area contributed by atoms with E-state index in [1.807, 2.05) is 32.8 Å². The molecule has 1 atom stereocenters. The standard InChI is InChI=1S/C12H21N5O/c1-8-5-10(6-11(15-8)16-13)12(18)14-7-9(2)17(3)4/h5-6,9H,7,13H2,1-4H3,(H,14,18)(H,15,16). The van der Waals surface area contributed by atoms with Crippen LogP contribution in [0.1, 0.15) is 23.0 Å². The number of carbonyl (C=O) groups is 1. The smallest absolute Gasteiger partial charge is 0.251 e. The van der Waals surface area contributed by atoms with Crippen LogP contribution in [-0.2, 0) is 0 Å². The molecule has 0 spiro atoms. The van der Waals surface area contributed by atoms with Crippen molar-refractivity contribution in [2.45, 2.75) is 19.9 Å². The normalized spacial score (nSPS) is 12.3. The first kappa shape index (κ1) is 14.4. The van der Waals surface area contributed by atoms with E-state index in [0.717, 1.165) is 5.69 Å². The number of nitrogens with one attached hydrogen (secondary N) is 2. The molecule has 0 aliphatic heterocycles. The fraction of sp³-hybridized carbons (Fsp3) is 0.500. The maximum atomic E-state index is 12.0. The van der Waals surface area contributed by atoms with Gasteiger partial charge in [-0.25, -0.2) is 10.8 Å². The number of hydrogen-bond acceptors (Lipinski definition) is 5. The molecule has 0 radical (unpaired) electrons. The van der Waals surface area contributed by atoms with Crippen molar-refractivity contribution in [3.05, 3.63) is 23.4 Å². The molecule has 0 bridgehead atoms. The molecule has 0 saturated heterocycles. The Morgan fingerprint density at radius 1 is 1.50 bits per heavy atom. The molecule has 1 unspecified atom stereocenters. The first-order chi connectivity index (χ1) is 8.43. The lowest BCUT2D eigenvalue weighted by Crippen LogP contribution is -2.38. The van der Waals surface area contributed by atoms with E-state index < -0.39 is 0 Å². The fourth-order valence-electron chi connectivity index (χ4n) is 1.40. The van der Waals surface area contributed by atoms with E-state index in [1.165, 1.54) is 0 Å². The van der Waals surface area contributed by atoms with Crippen molar-refractivity contribution in [3.8, 4) is 0 Å². The van der Waals surface area contributed by atoms with Gasteiger partial charge in [0.15, 0.2) is 0 Å². The predicted molar refractivity (Wildman–Crippen MR) is 72.3 cm³/mol. The Hall–Kier alpha value is -1.66. The molecule has 0 aliphatic rings. The van der Waals surface area contributed by atoms with E-state index in [1.54, 1.807) is 12.1 Å². The van der Waals surface area contributed by atoms with E-state index in [4.69, 9.17) is 5.84 Å². The molecule has 0 fully saturated rings. The van der Waals surface area contributed by atoms with Crippen molar-refractivity contribution >= 4 is 11.7 Å². The zero-order valence-electron chi connectivity index (χ0n) is 11.3. The maximum absolute atomic E-state index is 12.0. The van der Waals surface area contributed by atoms with E-state index in [-0.39, 0.29) is 11.9 Å². The van der Waals surface area contributed by atoms with Crippen molar-refractivity contribution in [2.75, 3.05) is 26.1 Å². The van der Waals surface area contributed by atoms with Gasteiger partial charge in [0.1, 0.15) is 5.82 Å². The van der Waals surface area contributed by atoms with Gasteiger partial charge in [0.05, 0.1) is 0 Å². The average Bonchev–Trinajstić information content (AvgIpc) is 2.34. The van der Waals surface area contributed by atoms with Gasteiger partial charge in [0.25, 0.3) is 5.91 Å². The van der Waals surface area contributed by atoms with E-state index in [2.05, 4.69) is 15.7 Å². The number of aromatic nitrogens is 1. The minimum Gasteiger partial charge on any atom is -0.350 e. The van der Waals surface area contributed by atoms with Gasteiger partial charge in [0.2, 0.25) is 0 Å². The number of aryl methyl sites for hydroxylation is 1. The predicted octanol–water partition coefficient (Wildman–Crippen LogP) is 0.356. The summed E-state index contributed by atoms with van der Waals surface area (Å²) in [6, 6.07) is 3.64. The van der Waals surface area contributed by atoms with Crippen molar-refractivity contribution in [2.24, 2.45) is 5.84 Å². The highest BCUT2D eigenvalue weighted by atomic mass is 16.1. The van der Waals surface area contributed by atoms with Gasteiger partial charge in [0, 0.05) is 23.8 Å². The number of anilines is 1. The van der Waals surface area contributed by atoms with Crippen LogP contribution in [0.2, 0.25) is 0 Å². The Morgan fingerprint density at radius 2 is 2.17 bits per heavy atom. The first-order valence-electron chi connectivity index (χ1n) is 5.84. The summed E-state index contributed by atoms with van der Waals surface area (Å²) in [6.07, 6.45) is 0. The number of carbonyl (C=O) groups excluding carboxylic acids is 1. The van der Waals surface area contributed by atoms with Crippen LogP contribution < -0.4 is 16.6 Å². The van der Waals surface area contributed by atoms with Crippen LogP contribution in [0, 0.1) is 6.92 Å². The summed E-state index contributed by atoms with van der Waals surface area (Å²) in [7, 11) is 3.95. The van der Waals surface area contributed by atoms with Crippen LogP contribution >= 0.6 is 0 Å². The number of amides is 1. The van der Waals surface area contributed by atoms with Gasteiger partial charge in [-0.15, -0.1) is 0 Å². The Balaban J connectivity index is 2.69. The van der Waals surface area contributed by atoms with Crippen molar-refractivity contribution in [1.82, 2.24) is 15.2 Å². The lowest BCUT2D eigenvalue weighted by molar-refractivity contribution is 0.0943. The zero-order chi connectivity index (χ0) is 13.7. The van der Waals surface area contributed by atoms with Crippen molar-refractivity contribution in [3.63, 3.8) is 0 Å². The number of nitrogens with zero attached hydrogens (tertiary/aromatic N) is 2. The van der Waals surface area contributed by atoms with Crippen LogP contribution in [0.5, 0.6) is 0 Å². The highest BCUT2D eigenvalue weighted by Gasteiger charge is 2.10. The van der Waals surface area contributed by atoms with Crippen LogP contribution in [0.4, 0.5) is 5.82 Å². The highest BCUT2D eigenvalue weighted by Crippen LogP contribution is 2.09. The molecular formula is C12H21N5O. The lowest BCUT2D eigenvalue weighted by Gasteiger charge is -2.20. The molecule has 0 aliphatic carbocycles. The molecule has 6 heteroatoms. The maximum Gasteiger partial charge on any atom is 0.251 e. The number of nitrogen functional groups attached to an aromatic ring is 1. The minimum absolute atomic E-state index is 0.120. The molecule has 1 rings (SSSR count). The lowest BCUT2D eigenvalue weighted by atomic mass is 10.2. The Morgan fingerprint density at radius 3 is 2.72 bits per heavy atom. The Labute approximate surface area is 108 Å². The van der Waals surface area contributed by atoms with Gasteiger partial charge in [-0.2, -0.15) is 0 Å². The number of likely N-dealkylation sites (N-methyl/N-ethyl adjacent to an activating group) is 1. The second-order valence-corrected chi connectivity index (χ2v) is 4.55. The Bertz CT molecular complexity index is 419. The number of nitrogens with two attached hydrogens (primary N) is 1. The van der Waals surface area contributed by atoms with Gasteiger partial charge in [-0.05, 0) is 40.1 Å². The molecule has 4 N–H and O–H groups in total. The topological polar surface area (TPSA) is 83.3 Å². The van der Waals surface area contributed by atoms with E-state index >= 15 is 0 Å². The molecule has 18 heavy (non-hydrogen) atoms. The summed E-state index contributed by atoms with van der Waals surface area (Å²) >= 11 is 0. The van der Waals surface area contributed by atoms with Gasteiger partial charge in [-0.1, -0.05) is 0 Å². The Kier molecular flexibility index (Phi) is 5.06. The molecule has 1 heterocycles. The quantitative estimate of drug-likeness (QED) is 0.520. The summed E-state index contributed by atoms with van der Waals surface area (Å²) < 4.78 is 0. The zero-order valence-corrected chi connectivity index (χ0v) is 11.3. The summed E-state index contributed by atoms with van der Waals surface area (Å²) in [5.74, 6) is 5.67.